The second kappa shape index (κ2) is 9.02. The Kier molecular flexibility index (Phi) is 6.22. The molecule has 0 unspecified atom stereocenters. The van der Waals surface area contributed by atoms with E-state index in [0.29, 0.717) is 17.1 Å². The Morgan fingerprint density at radius 2 is 1.76 bits per heavy atom. The number of aryl methyl sites for hydroxylation is 1. The lowest BCUT2D eigenvalue weighted by molar-refractivity contribution is -0.117. The quantitative estimate of drug-likeness (QED) is 0.754. The van der Waals surface area contributed by atoms with Gasteiger partial charge in [0.15, 0.2) is 0 Å². The molecule has 1 saturated heterocycles. The molecule has 29 heavy (non-hydrogen) atoms. The second-order valence-electron chi connectivity index (χ2n) is 7.74. The summed E-state index contributed by atoms with van der Waals surface area (Å²) >= 11 is 1.52. The van der Waals surface area contributed by atoms with Crippen molar-refractivity contribution in [2.24, 2.45) is 5.73 Å². The number of aromatic nitrogens is 1. The van der Waals surface area contributed by atoms with Gasteiger partial charge in [-0.05, 0) is 48.9 Å². The second-order valence-corrected chi connectivity index (χ2v) is 8.84. The van der Waals surface area contributed by atoms with E-state index in [2.05, 4.69) is 20.1 Å². The maximum absolute atomic E-state index is 12.6. The molecule has 7 nitrogen and oxygen atoms in total. The Balaban J connectivity index is 1.31. The number of hydrogen-bond donors (Lipinski definition) is 2. The highest BCUT2D eigenvalue weighted by atomic mass is 32.1. The van der Waals surface area contributed by atoms with E-state index in [0.717, 1.165) is 64.0 Å². The van der Waals surface area contributed by atoms with Crippen molar-refractivity contribution in [2.45, 2.75) is 32.2 Å². The van der Waals surface area contributed by atoms with Gasteiger partial charge in [-0.25, -0.2) is 0 Å². The maximum Gasteiger partial charge on any atom is 0.251 e. The summed E-state index contributed by atoms with van der Waals surface area (Å²) in [5.74, 6) is -0.516. The first kappa shape index (κ1) is 20.0. The molecule has 2 amide bonds. The van der Waals surface area contributed by atoms with Crippen LogP contribution in [0.5, 0.6) is 0 Å². The third-order valence-corrected chi connectivity index (χ3v) is 6.87. The third-order valence-electron chi connectivity index (χ3n) is 5.66. The molecule has 1 aliphatic heterocycles. The normalized spacial score (nSPS) is 17.7. The van der Waals surface area contributed by atoms with Crippen molar-refractivity contribution in [1.82, 2.24) is 14.8 Å². The van der Waals surface area contributed by atoms with E-state index in [4.69, 9.17) is 5.73 Å². The minimum absolute atomic E-state index is 0.0753. The number of thiophene rings is 1. The number of nitrogens with one attached hydrogen (secondary N) is 1. The highest BCUT2D eigenvalue weighted by Crippen LogP contribution is 2.37. The lowest BCUT2D eigenvalue weighted by Gasteiger charge is -2.34. The predicted octanol–water partition coefficient (Wildman–Crippen LogP) is 1.88. The zero-order chi connectivity index (χ0) is 20.2. The van der Waals surface area contributed by atoms with Crippen LogP contribution in [0.15, 0.2) is 24.5 Å². The summed E-state index contributed by atoms with van der Waals surface area (Å²) in [6.45, 7) is 4.80. The number of carbonyl (C=O) groups excluding carboxylic acids is 2. The molecule has 0 radical (unpaired) electrons. The standard InChI is InChI=1S/C21H27N5O2S/c22-20(28)19-16-3-1-2-4-17(16)29-21(19)24-18(27)14-26-11-9-25(10-12-26)13-15-5-7-23-8-6-15/h5-8H,1-4,9-14H2,(H2,22,28)(H,24,27). The van der Waals surface area contributed by atoms with Gasteiger partial charge in [0.05, 0.1) is 12.1 Å². The Morgan fingerprint density at radius 1 is 1.07 bits per heavy atom. The number of piperazine rings is 1. The highest BCUT2D eigenvalue weighted by Gasteiger charge is 2.26. The number of rotatable bonds is 6. The Labute approximate surface area is 174 Å². The predicted molar refractivity (Wildman–Crippen MR) is 114 cm³/mol. The van der Waals surface area contributed by atoms with E-state index in [1.807, 2.05) is 24.5 Å². The van der Waals surface area contributed by atoms with Crippen molar-refractivity contribution in [1.29, 1.82) is 0 Å². The summed E-state index contributed by atoms with van der Waals surface area (Å²) < 4.78 is 0. The van der Waals surface area contributed by atoms with E-state index in [1.165, 1.54) is 21.8 Å². The van der Waals surface area contributed by atoms with Gasteiger partial charge in [-0.1, -0.05) is 0 Å². The molecule has 0 atom stereocenters. The van der Waals surface area contributed by atoms with Gasteiger partial charge in [0.25, 0.3) is 5.91 Å². The number of carbonyl (C=O) groups is 2. The Morgan fingerprint density at radius 3 is 2.48 bits per heavy atom. The molecule has 4 rings (SSSR count). The fraction of sp³-hybridized carbons (Fsp3) is 0.476. The van der Waals surface area contributed by atoms with Crippen LogP contribution in [0.4, 0.5) is 5.00 Å². The van der Waals surface area contributed by atoms with Crippen LogP contribution in [0.3, 0.4) is 0 Å². The van der Waals surface area contributed by atoms with Gasteiger partial charge >= 0.3 is 0 Å². The van der Waals surface area contributed by atoms with Crippen LogP contribution in [-0.2, 0) is 24.2 Å². The third kappa shape index (κ3) is 4.83. The summed E-state index contributed by atoms with van der Waals surface area (Å²) in [6, 6.07) is 4.08. The molecule has 154 valence electrons. The van der Waals surface area contributed by atoms with Gasteiger partial charge in [-0.15, -0.1) is 11.3 Å². The van der Waals surface area contributed by atoms with E-state index >= 15 is 0 Å². The summed E-state index contributed by atoms with van der Waals surface area (Å²) in [7, 11) is 0. The van der Waals surface area contributed by atoms with E-state index in [9.17, 15) is 9.59 Å². The maximum atomic E-state index is 12.6. The van der Waals surface area contributed by atoms with Crippen molar-refractivity contribution in [3.63, 3.8) is 0 Å². The zero-order valence-corrected chi connectivity index (χ0v) is 17.3. The average Bonchev–Trinajstić information content (AvgIpc) is 3.08. The molecule has 3 heterocycles. The molecule has 8 heteroatoms. The number of amides is 2. The van der Waals surface area contributed by atoms with Gasteiger partial charge in [0.2, 0.25) is 5.91 Å². The SMILES string of the molecule is NC(=O)c1c(NC(=O)CN2CCN(Cc3ccncc3)CC2)sc2c1CCCC2. The van der Waals surface area contributed by atoms with Gasteiger partial charge in [-0.3, -0.25) is 24.4 Å². The molecule has 3 N–H and O–H groups in total. The van der Waals surface area contributed by atoms with Crippen LogP contribution in [0.1, 0.15) is 39.2 Å². The summed E-state index contributed by atoms with van der Waals surface area (Å²) in [5.41, 5.74) is 8.45. The lowest BCUT2D eigenvalue weighted by Crippen LogP contribution is -2.48. The number of primary amides is 1. The number of nitrogens with zero attached hydrogens (tertiary/aromatic N) is 3. The number of anilines is 1. The fourth-order valence-corrected chi connectivity index (χ4v) is 5.45. The van der Waals surface area contributed by atoms with E-state index in [1.54, 1.807) is 0 Å². The summed E-state index contributed by atoms with van der Waals surface area (Å²) in [4.78, 5) is 34.4. The molecule has 0 saturated carbocycles. The van der Waals surface area contributed by atoms with Crippen molar-refractivity contribution in [3.8, 4) is 0 Å². The molecule has 1 fully saturated rings. The smallest absolute Gasteiger partial charge is 0.251 e. The number of pyridine rings is 1. The van der Waals surface area contributed by atoms with Crippen LogP contribution in [0.2, 0.25) is 0 Å². The fourth-order valence-electron chi connectivity index (χ4n) is 4.14. The van der Waals surface area contributed by atoms with Crippen LogP contribution in [-0.4, -0.2) is 59.3 Å². The number of fused-ring (bicyclic) bond motifs is 1. The Bertz CT molecular complexity index is 875. The van der Waals surface area contributed by atoms with Gasteiger partial charge in [0.1, 0.15) is 5.00 Å². The van der Waals surface area contributed by atoms with Crippen molar-refractivity contribution in [2.75, 3.05) is 38.0 Å². The van der Waals surface area contributed by atoms with Crippen LogP contribution in [0.25, 0.3) is 0 Å². The molecule has 0 aromatic carbocycles. The number of hydrogen-bond acceptors (Lipinski definition) is 6. The first-order chi connectivity index (χ1) is 14.1. The van der Waals surface area contributed by atoms with Gasteiger partial charge < -0.3 is 11.1 Å². The largest absolute Gasteiger partial charge is 0.365 e. The molecule has 0 spiro atoms. The zero-order valence-electron chi connectivity index (χ0n) is 16.5. The van der Waals surface area contributed by atoms with Crippen molar-refractivity contribution >= 4 is 28.2 Å². The Hall–Kier alpha value is -2.29. The van der Waals surface area contributed by atoms with E-state index < -0.39 is 5.91 Å². The molecule has 2 aromatic rings. The monoisotopic (exact) mass is 413 g/mol. The summed E-state index contributed by atoms with van der Waals surface area (Å²) in [5, 5.41) is 3.59. The minimum atomic E-state index is -0.440. The molecule has 2 aromatic heterocycles. The van der Waals surface area contributed by atoms with Crippen LogP contribution < -0.4 is 11.1 Å². The minimum Gasteiger partial charge on any atom is -0.365 e. The molecule has 2 aliphatic rings. The molecular formula is C21H27N5O2S. The van der Waals surface area contributed by atoms with Crippen molar-refractivity contribution < 1.29 is 9.59 Å². The lowest BCUT2D eigenvalue weighted by atomic mass is 9.95. The van der Waals surface area contributed by atoms with Crippen LogP contribution in [0, 0.1) is 0 Å². The molecular weight excluding hydrogens is 386 g/mol. The van der Waals surface area contributed by atoms with Crippen molar-refractivity contribution in [3.05, 3.63) is 46.1 Å². The van der Waals surface area contributed by atoms with E-state index in [-0.39, 0.29) is 5.91 Å². The molecule has 0 bridgehead atoms. The van der Waals surface area contributed by atoms with Gasteiger partial charge in [0, 0.05) is 50.0 Å². The van der Waals surface area contributed by atoms with Gasteiger partial charge in [-0.2, -0.15) is 0 Å². The number of nitrogens with two attached hydrogens (primary N) is 1. The topological polar surface area (TPSA) is 91.6 Å². The highest BCUT2D eigenvalue weighted by molar-refractivity contribution is 7.17. The first-order valence-corrected chi connectivity index (χ1v) is 11.0. The first-order valence-electron chi connectivity index (χ1n) is 10.2. The molecule has 1 aliphatic carbocycles. The van der Waals surface area contributed by atoms with Crippen LogP contribution >= 0.6 is 11.3 Å². The summed E-state index contributed by atoms with van der Waals surface area (Å²) in [6.07, 6.45) is 7.68. The average molecular weight is 414 g/mol.